The van der Waals surface area contributed by atoms with Gasteiger partial charge < -0.3 is 9.47 Å². The summed E-state index contributed by atoms with van der Waals surface area (Å²) in [6.45, 7) is 5.60. The number of carbonyl (C=O) groups excluding carboxylic acids is 1. The molecule has 0 aliphatic carbocycles. The van der Waals surface area contributed by atoms with Gasteiger partial charge in [-0.15, -0.1) is 0 Å². The second-order valence-corrected chi connectivity index (χ2v) is 7.01. The average molecular weight is 349 g/mol. The number of rotatable bonds is 3. The van der Waals surface area contributed by atoms with Crippen molar-refractivity contribution < 1.29 is 4.79 Å². The third-order valence-corrected chi connectivity index (χ3v) is 4.98. The minimum Gasteiger partial charge on any atom is -0.347 e. The van der Waals surface area contributed by atoms with E-state index in [0.29, 0.717) is 12.2 Å². The van der Waals surface area contributed by atoms with Gasteiger partial charge in [0.15, 0.2) is 0 Å². The maximum atomic E-state index is 13.4. The van der Waals surface area contributed by atoms with Gasteiger partial charge in [0.05, 0.1) is 11.4 Å². The van der Waals surface area contributed by atoms with Crippen LogP contribution in [0.15, 0.2) is 48.8 Å². The zero-order valence-corrected chi connectivity index (χ0v) is 15.3. The van der Waals surface area contributed by atoms with E-state index in [0.717, 1.165) is 23.6 Å². The van der Waals surface area contributed by atoms with E-state index < -0.39 is 0 Å². The molecule has 1 aliphatic heterocycles. The second-order valence-electron chi connectivity index (χ2n) is 7.01. The first-order valence-electron chi connectivity index (χ1n) is 8.97. The van der Waals surface area contributed by atoms with Crippen molar-refractivity contribution in [2.75, 3.05) is 6.54 Å². The molecule has 6 nitrogen and oxygen atoms in total. The van der Waals surface area contributed by atoms with Crippen LogP contribution in [0, 0.1) is 0 Å². The normalized spacial score (nSPS) is 16.8. The molecule has 26 heavy (non-hydrogen) atoms. The van der Waals surface area contributed by atoms with Gasteiger partial charge in [0.1, 0.15) is 11.7 Å². The van der Waals surface area contributed by atoms with Crippen molar-refractivity contribution in [1.29, 1.82) is 0 Å². The summed E-state index contributed by atoms with van der Waals surface area (Å²) in [5.41, 5.74) is 3.53. The first-order chi connectivity index (χ1) is 12.6. The Kier molecular flexibility index (Phi) is 4.11. The standard InChI is InChI=1S/C20H23N5O/c1-14(2)16-13-18(23(3)22-16)20(26)25-12-11-24-10-6-8-17(24)19(25)15-7-4-5-9-21-15/h4-10,13-14,19H,11-12H2,1-3H3. The molecular weight excluding hydrogens is 326 g/mol. The molecule has 1 amide bonds. The fraction of sp³-hybridized carbons (Fsp3) is 0.350. The van der Waals surface area contributed by atoms with Crippen molar-refractivity contribution in [2.24, 2.45) is 7.05 Å². The van der Waals surface area contributed by atoms with Crippen LogP contribution in [-0.2, 0) is 13.6 Å². The highest BCUT2D eigenvalue weighted by molar-refractivity contribution is 5.93. The molecule has 0 N–H and O–H groups in total. The largest absolute Gasteiger partial charge is 0.347 e. The van der Waals surface area contributed by atoms with Crippen LogP contribution in [0.2, 0.25) is 0 Å². The Morgan fingerprint density at radius 1 is 1.19 bits per heavy atom. The lowest BCUT2D eigenvalue weighted by Crippen LogP contribution is -2.43. The number of aryl methyl sites for hydroxylation is 1. The van der Waals surface area contributed by atoms with Crippen LogP contribution >= 0.6 is 0 Å². The van der Waals surface area contributed by atoms with Crippen molar-refractivity contribution in [1.82, 2.24) is 24.2 Å². The van der Waals surface area contributed by atoms with Crippen molar-refractivity contribution in [3.05, 3.63) is 71.6 Å². The predicted octanol–water partition coefficient (Wildman–Crippen LogP) is 2.99. The molecule has 3 aromatic heterocycles. The lowest BCUT2D eigenvalue weighted by molar-refractivity contribution is 0.0649. The summed E-state index contributed by atoms with van der Waals surface area (Å²) in [6.07, 6.45) is 3.84. The SMILES string of the molecule is CC(C)c1cc(C(=O)N2CCn3cccc3C2c2ccccn2)n(C)n1. The van der Waals surface area contributed by atoms with Crippen LogP contribution in [0.5, 0.6) is 0 Å². The second kappa shape index (κ2) is 6.44. The Morgan fingerprint density at radius 3 is 2.73 bits per heavy atom. The van der Waals surface area contributed by atoms with Gasteiger partial charge in [0, 0.05) is 38.2 Å². The van der Waals surface area contributed by atoms with Crippen LogP contribution in [0.3, 0.4) is 0 Å². The predicted molar refractivity (Wildman–Crippen MR) is 98.8 cm³/mol. The van der Waals surface area contributed by atoms with Gasteiger partial charge in [-0.1, -0.05) is 19.9 Å². The van der Waals surface area contributed by atoms with E-state index in [1.807, 2.05) is 42.3 Å². The van der Waals surface area contributed by atoms with E-state index in [4.69, 9.17) is 0 Å². The number of hydrogen-bond donors (Lipinski definition) is 0. The summed E-state index contributed by atoms with van der Waals surface area (Å²) >= 11 is 0. The van der Waals surface area contributed by atoms with Gasteiger partial charge in [-0.25, -0.2) is 0 Å². The number of nitrogens with zero attached hydrogens (tertiary/aromatic N) is 5. The van der Waals surface area contributed by atoms with E-state index in [1.165, 1.54) is 0 Å². The Morgan fingerprint density at radius 2 is 2.04 bits per heavy atom. The minimum absolute atomic E-state index is 0.00463. The Bertz CT molecular complexity index is 925. The van der Waals surface area contributed by atoms with Crippen LogP contribution < -0.4 is 0 Å². The molecule has 1 unspecified atom stereocenters. The van der Waals surface area contributed by atoms with Crippen LogP contribution in [-0.4, -0.2) is 36.7 Å². The van der Waals surface area contributed by atoms with Crippen LogP contribution in [0.1, 0.15) is 53.4 Å². The Balaban J connectivity index is 1.76. The molecule has 0 radical (unpaired) electrons. The van der Waals surface area contributed by atoms with Crippen molar-refractivity contribution >= 4 is 5.91 Å². The smallest absolute Gasteiger partial charge is 0.273 e. The molecule has 4 rings (SSSR count). The quantitative estimate of drug-likeness (QED) is 0.730. The zero-order valence-electron chi connectivity index (χ0n) is 15.3. The molecule has 0 fully saturated rings. The lowest BCUT2D eigenvalue weighted by Gasteiger charge is -2.36. The minimum atomic E-state index is -0.190. The third-order valence-electron chi connectivity index (χ3n) is 4.98. The molecule has 4 heterocycles. The average Bonchev–Trinajstić information content (AvgIpc) is 3.27. The zero-order chi connectivity index (χ0) is 18.3. The number of carbonyl (C=O) groups is 1. The summed E-state index contributed by atoms with van der Waals surface area (Å²) in [6, 6.07) is 11.7. The number of hydrogen-bond acceptors (Lipinski definition) is 3. The number of amides is 1. The van der Waals surface area contributed by atoms with E-state index in [9.17, 15) is 4.79 Å². The molecule has 0 saturated heterocycles. The van der Waals surface area contributed by atoms with Crippen molar-refractivity contribution in [3.63, 3.8) is 0 Å². The number of aromatic nitrogens is 4. The van der Waals surface area contributed by atoms with E-state index in [2.05, 4.69) is 40.8 Å². The van der Waals surface area contributed by atoms with Gasteiger partial charge >= 0.3 is 0 Å². The van der Waals surface area contributed by atoms with Gasteiger partial charge in [0.25, 0.3) is 5.91 Å². The molecule has 3 aromatic rings. The lowest BCUT2D eigenvalue weighted by atomic mass is 10.0. The molecule has 1 aliphatic rings. The van der Waals surface area contributed by atoms with Crippen molar-refractivity contribution in [3.8, 4) is 0 Å². The first-order valence-corrected chi connectivity index (χ1v) is 8.97. The fourth-order valence-corrected chi connectivity index (χ4v) is 3.57. The summed E-state index contributed by atoms with van der Waals surface area (Å²) in [5.74, 6) is 0.280. The maximum absolute atomic E-state index is 13.4. The number of fused-ring (bicyclic) bond motifs is 1. The molecule has 0 saturated carbocycles. The highest BCUT2D eigenvalue weighted by atomic mass is 16.2. The number of pyridine rings is 1. The van der Waals surface area contributed by atoms with Crippen molar-refractivity contribution in [2.45, 2.75) is 32.4 Å². The first kappa shape index (κ1) is 16.6. The molecular formula is C20H23N5O. The highest BCUT2D eigenvalue weighted by Crippen LogP contribution is 2.32. The van der Waals surface area contributed by atoms with E-state index in [1.54, 1.807) is 10.9 Å². The summed E-state index contributed by atoms with van der Waals surface area (Å²) in [7, 11) is 1.83. The maximum Gasteiger partial charge on any atom is 0.273 e. The van der Waals surface area contributed by atoms with Gasteiger partial charge in [-0.05, 0) is 36.2 Å². The summed E-state index contributed by atoms with van der Waals surface area (Å²) < 4.78 is 3.90. The summed E-state index contributed by atoms with van der Waals surface area (Å²) in [4.78, 5) is 19.8. The Labute approximate surface area is 153 Å². The molecule has 0 bridgehead atoms. The molecule has 6 heteroatoms. The highest BCUT2D eigenvalue weighted by Gasteiger charge is 2.34. The van der Waals surface area contributed by atoms with E-state index >= 15 is 0 Å². The molecule has 134 valence electrons. The molecule has 0 aromatic carbocycles. The van der Waals surface area contributed by atoms with Crippen LogP contribution in [0.25, 0.3) is 0 Å². The topological polar surface area (TPSA) is 56.0 Å². The monoisotopic (exact) mass is 349 g/mol. The van der Waals surface area contributed by atoms with E-state index in [-0.39, 0.29) is 17.9 Å². The Hall–Kier alpha value is -2.89. The third kappa shape index (κ3) is 2.71. The van der Waals surface area contributed by atoms with Gasteiger partial charge in [-0.2, -0.15) is 5.10 Å². The molecule has 0 spiro atoms. The van der Waals surface area contributed by atoms with Gasteiger partial charge in [-0.3, -0.25) is 14.5 Å². The fourth-order valence-electron chi connectivity index (χ4n) is 3.57. The molecule has 1 atom stereocenters. The summed E-state index contributed by atoms with van der Waals surface area (Å²) in [5, 5.41) is 4.51. The van der Waals surface area contributed by atoms with Gasteiger partial charge in [0.2, 0.25) is 0 Å². The van der Waals surface area contributed by atoms with Crippen LogP contribution in [0.4, 0.5) is 0 Å².